The maximum absolute atomic E-state index is 12.2. The molecular formula is C26H30N6O2. The summed E-state index contributed by atoms with van der Waals surface area (Å²) in [5.41, 5.74) is 5.60. The number of aromatic nitrogens is 4. The topological polar surface area (TPSA) is 95.9 Å². The largest absolute Gasteiger partial charge is 0.351 e. The molecule has 0 aromatic carbocycles. The first-order chi connectivity index (χ1) is 16.3. The highest BCUT2D eigenvalue weighted by Gasteiger charge is 2.47. The molecule has 1 fully saturated rings. The normalized spacial score (nSPS) is 17.7. The number of carbonyl (C=O) groups excluding carboxylic acids is 1. The van der Waals surface area contributed by atoms with Crippen LogP contribution in [-0.2, 0) is 13.0 Å². The average Bonchev–Trinajstić information content (AvgIpc) is 3.23. The first kappa shape index (κ1) is 22.3. The highest BCUT2D eigenvalue weighted by atomic mass is 16.1. The van der Waals surface area contributed by atoms with Gasteiger partial charge in [-0.15, -0.1) is 0 Å². The molecule has 1 aliphatic rings. The molecule has 0 aliphatic carbocycles. The van der Waals surface area contributed by atoms with Gasteiger partial charge in [-0.25, -0.2) is 4.98 Å². The summed E-state index contributed by atoms with van der Waals surface area (Å²) in [6, 6.07) is 9.94. The van der Waals surface area contributed by atoms with Crippen molar-refractivity contribution in [1.82, 2.24) is 29.7 Å². The summed E-state index contributed by atoms with van der Waals surface area (Å²) in [6.07, 6.45) is 4.66. The van der Waals surface area contributed by atoms with Crippen molar-refractivity contribution in [2.24, 2.45) is 0 Å². The predicted molar refractivity (Wildman–Crippen MR) is 133 cm³/mol. The summed E-state index contributed by atoms with van der Waals surface area (Å²) < 4.78 is 2.27. The number of likely N-dealkylation sites (tertiary alicyclic amines) is 1. The molecule has 176 valence electrons. The fourth-order valence-electron chi connectivity index (χ4n) is 4.89. The van der Waals surface area contributed by atoms with E-state index < -0.39 is 0 Å². The summed E-state index contributed by atoms with van der Waals surface area (Å²) in [7, 11) is 0. The van der Waals surface area contributed by atoms with Crippen LogP contribution in [0.2, 0.25) is 0 Å². The third-order valence-electron chi connectivity index (χ3n) is 7.08. The van der Waals surface area contributed by atoms with Crippen LogP contribution in [0.15, 0.2) is 47.5 Å². The van der Waals surface area contributed by atoms with E-state index >= 15 is 0 Å². The second kappa shape index (κ2) is 8.36. The van der Waals surface area contributed by atoms with Crippen molar-refractivity contribution in [3.8, 4) is 0 Å². The zero-order valence-electron chi connectivity index (χ0n) is 20.1. The van der Waals surface area contributed by atoms with Gasteiger partial charge in [0, 0.05) is 43.1 Å². The minimum atomic E-state index is -0.149. The maximum atomic E-state index is 12.2. The Hall–Kier alpha value is -3.52. The maximum Gasteiger partial charge on any atom is 0.269 e. The van der Waals surface area contributed by atoms with Gasteiger partial charge in [-0.05, 0) is 63.1 Å². The van der Waals surface area contributed by atoms with Gasteiger partial charge in [0.25, 0.3) is 11.5 Å². The highest BCUT2D eigenvalue weighted by molar-refractivity contribution is 5.94. The first-order valence-electron chi connectivity index (χ1n) is 11.8. The molecule has 5 rings (SSSR count). The lowest BCUT2D eigenvalue weighted by Gasteiger charge is -2.56. The number of carbonyl (C=O) groups is 1. The van der Waals surface area contributed by atoms with Crippen LogP contribution in [0.4, 0.5) is 0 Å². The molecule has 34 heavy (non-hydrogen) atoms. The Kier molecular flexibility index (Phi) is 5.48. The number of pyridine rings is 3. The number of nitrogens with zero attached hydrogens (tertiary/aromatic N) is 4. The minimum absolute atomic E-state index is 0.0401. The van der Waals surface area contributed by atoms with Gasteiger partial charge in [-0.2, -0.15) is 0 Å². The van der Waals surface area contributed by atoms with Gasteiger partial charge in [0.1, 0.15) is 5.69 Å². The molecule has 0 radical (unpaired) electrons. The molecule has 8 nitrogen and oxygen atoms in total. The summed E-state index contributed by atoms with van der Waals surface area (Å²) >= 11 is 0. The molecule has 0 unspecified atom stereocenters. The Morgan fingerprint density at radius 1 is 1.21 bits per heavy atom. The van der Waals surface area contributed by atoms with E-state index in [1.807, 2.05) is 44.3 Å². The van der Waals surface area contributed by atoms with Crippen LogP contribution in [0, 0.1) is 0 Å². The first-order valence-corrected chi connectivity index (χ1v) is 11.8. The van der Waals surface area contributed by atoms with Crippen molar-refractivity contribution in [1.29, 1.82) is 0 Å². The summed E-state index contributed by atoms with van der Waals surface area (Å²) in [6.45, 7) is 10.6. The van der Waals surface area contributed by atoms with Gasteiger partial charge in [0.15, 0.2) is 0 Å². The molecule has 0 bridgehead atoms. The molecule has 2 N–H and O–H groups in total. The van der Waals surface area contributed by atoms with E-state index in [1.54, 1.807) is 6.07 Å². The van der Waals surface area contributed by atoms with Crippen molar-refractivity contribution in [3.63, 3.8) is 0 Å². The smallest absolute Gasteiger partial charge is 0.269 e. The fraction of sp³-hybridized carbons (Fsp3) is 0.385. The second-order valence-electron chi connectivity index (χ2n) is 9.49. The van der Waals surface area contributed by atoms with Crippen molar-refractivity contribution >= 4 is 28.0 Å². The molecule has 0 saturated carbocycles. The summed E-state index contributed by atoms with van der Waals surface area (Å²) in [5.74, 6) is -0.149. The Morgan fingerprint density at radius 2 is 2.03 bits per heavy atom. The van der Waals surface area contributed by atoms with E-state index in [9.17, 15) is 9.59 Å². The highest BCUT2D eigenvalue weighted by Crippen LogP contribution is 2.42. The van der Waals surface area contributed by atoms with Crippen LogP contribution < -0.4 is 10.9 Å². The summed E-state index contributed by atoms with van der Waals surface area (Å²) in [5, 5.41) is 2.80. The summed E-state index contributed by atoms with van der Waals surface area (Å²) in [4.78, 5) is 38.9. The van der Waals surface area contributed by atoms with Crippen molar-refractivity contribution in [3.05, 3.63) is 69.9 Å². The zero-order chi connectivity index (χ0) is 24.0. The molecule has 4 aromatic rings. The Balaban J connectivity index is 1.36. The van der Waals surface area contributed by atoms with Crippen molar-refractivity contribution in [2.45, 2.75) is 52.2 Å². The molecule has 1 aliphatic heterocycles. The van der Waals surface area contributed by atoms with Crippen molar-refractivity contribution < 1.29 is 4.79 Å². The predicted octanol–water partition coefficient (Wildman–Crippen LogP) is 3.42. The van der Waals surface area contributed by atoms with Gasteiger partial charge in [-0.1, -0.05) is 6.92 Å². The number of H-pyrrole nitrogens is 1. The number of hydrogen-bond donors (Lipinski definition) is 2. The zero-order valence-corrected chi connectivity index (χ0v) is 20.1. The van der Waals surface area contributed by atoms with Crippen LogP contribution in [0.25, 0.3) is 22.1 Å². The quantitative estimate of drug-likeness (QED) is 0.462. The number of rotatable bonds is 6. The minimum Gasteiger partial charge on any atom is -0.351 e. The van der Waals surface area contributed by atoms with Gasteiger partial charge < -0.3 is 14.9 Å². The van der Waals surface area contributed by atoms with E-state index in [4.69, 9.17) is 0 Å². The Morgan fingerprint density at radius 3 is 2.76 bits per heavy atom. The van der Waals surface area contributed by atoms with E-state index in [1.165, 1.54) is 0 Å². The van der Waals surface area contributed by atoms with Gasteiger partial charge in [0.05, 0.1) is 28.1 Å². The molecular weight excluding hydrogens is 428 g/mol. The van der Waals surface area contributed by atoms with Gasteiger partial charge in [0.2, 0.25) is 0 Å². The number of aromatic amines is 1. The van der Waals surface area contributed by atoms with Gasteiger partial charge >= 0.3 is 0 Å². The Labute approximate surface area is 198 Å². The molecule has 1 amide bonds. The molecule has 5 heterocycles. The van der Waals surface area contributed by atoms with Crippen LogP contribution in [0.1, 0.15) is 55.4 Å². The van der Waals surface area contributed by atoms with Crippen LogP contribution in [0.5, 0.6) is 0 Å². The lowest BCUT2D eigenvalue weighted by Crippen LogP contribution is -2.63. The van der Waals surface area contributed by atoms with E-state index in [0.29, 0.717) is 18.7 Å². The third-order valence-corrected chi connectivity index (χ3v) is 7.08. The lowest BCUT2D eigenvalue weighted by atomic mass is 9.82. The standard InChI is InChI=1S/C26H30N6O2/c1-5-17-12-20-21(30-24(17)33)11-16(13-28-20)14-31-15-23(26(31,3)4)32-10-9-18-22(32)8-7-19(29-18)25(34)27-6-2/h7-13,23H,5-6,14-15H2,1-4H3,(H,27,34)(H,30,33)/t23-/m0/s1. The lowest BCUT2D eigenvalue weighted by molar-refractivity contribution is -0.0518. The van der Waals surface area contributed by atoms with Gasteiger partial charge in [-0.3, -0.25) is 19.5 Å². The SMILES string of the molecule is CCNC(=O)c1ccc2c(ccn2[C@H]2CN(Cc3cnc4cc(CC)c(=O)[nH]c4c3)C2(C)C)n1. The van der Waals surface area contributed by atoms with Crippen LogP contribution in [0.3, 0.4) is 0 Å². The third kappa shape index (κ3) is 3.68. The molecule has 4 aromatic heterocycles. The fourth-order valence-corrected chi connectivity index (χ4v) is 4.89. The molecule has 1 atom stereocenters. The molecule has 0 spiro atoms. The van der Waals surface area contributed by atoms with E-state index in [0.717, 1.165) is 46.3 Å². The molecule has 1 saturated heterocycles. The number of hydrogen-bond acceptors (Lipinski definition) is 5. The monoisotopic (exact) mass is 458 g/mol. The number of fused-ring (bicyclic) bond motifs is 2. The number of aryl methyl sites for hydroxylation is 1. The second-order valence-corrected chi connectivity index (χ2v) is 9.49. The molecule has 8 heteroatoms. The van der Waals surface area contributed by atoms with Crippen LogP contribution >= 0.6 is 0 Å². The number of nitrogens with one attached hydrogen (secondary N) is 2. The van der Waals surface area contributed by atoms with Crippen molar-refractivity contribution in [2.75, 3.05) is 13.1 Å². The van der Waals surface area contributed by atoms with Crippen LogP contribution in [-0.4, -0.2) is 49.0 Å². The van der Waals surface area contributed by atoms with E-state index in [2.05, 4.69) is 49.8 Å². The average molecular weight is 459 g/mol. The number of amides is 1. The Bertz CT molecular complexity index is 1450. The van der Waals surface area contributed by atoms with E-state index in [-0.39, 0.29) is 23.0 Å².